The zero-order valence-corrected chi connectivity index (χ0v) is 10.7. The minimum Gasteiger partial charge on any atom is -0.393 e. The monoisotopic (exact) mass is 242 g/mol. The SMILES string of the molecule is CC(C)(C)C(O)CCNC(=O)C(=O)NC1CC1. The lowest BCUT2D eigenvalue weighted by Crippen LogP contribution is -2.42. The summed E-state index contributed by atoms with van der Waals surface area (Å²) in [5.74, 6) is -1.18. The molecular formula is C12H22N2O3. The molecule has 0 aliphatic heterocycles. The van der Waals surface area contributed by atoms with E-state index in [1.165, 1.54) is 0 Å². The Morgan fingerprint density at radius 1 is 1.29 bits per heavy atom. The maximum Gasteiger partial charge on any atom is 0.309 e. The molecule has 1 fully saturated rings. The summed E-state index contributed by atoms with van der Waals surface area (Å²) in [7, 11) is 0. The largest absolute Gasteiger partial charge is 0.393 e. The Morgan fingerprint density at radius 2 is 1.88 bits per heavy atom. The third-order valence-electron chi connectivity index (χ3n) is 2.82. The summed E-state index contributed by atoms with van der Waals surface area (Å²) >= 11 is 0. The molecule has 5 nitrogen and oxygen atoms in total. The molecule has 1 unspecified atom stereocenters. The van der Waals surface area contributed by atoms with Crippen molar-refractivity contribution in [2.75, 3.05) is 6.54 Å². The van der Waals surface area contributed by atoms with Gasteiger partial charge in [0.25, 0.3) is 0 Å². The van der Waals surface area contributed by atoms with Gasteiger partial charge in [0.05, 0.1) is 6.10 Å². The molecule has 0 aromatic carbocycles. The van der Waals surface area contributed by atoms with Crippen LogP contribution in [0.1, 0.15) is 40.0 Å². The first kappa shape index (κ1) is 14.0. The smallest absolute Gasteiger partial charge is 0.309 e. The molecule has 0 radical (unpaired) electrons. The number of aliphatic hydroxyl groups is 1. The molecule has 0 saturated heterocycles. The van der Waals surface area contributed by atoms with Crippen molar-refractivity contribution in [2.24, 2.45) is 5.41 Å². The molecule has 0 aromatic rings. The van der Waals surface area contributed by atoms with E-state index >= 15 is 0 Å². The van der Waals surface area contributed by atoms with E-state index in [2.05, 4.69) is 10.6 Å². The van der Waals surface area contributed by atoms with Crippen molar-refractivity contribution in [1.82, 2.24) is 10.6 Å². The highest BCUT2D eigenvalue weighted by molar-refractivity contribution is 6.35. The molecular weight excluding hydrogens is 220 g/mol. The molecule has 1 rings (SSSR count). The van der Waals surface area contributed by atoms with Gasteiger partial charge >= 0.3 is 11.8 Å². The summed E-state index contributed by atoms with van der Waals surface area (Å²) in [5, 5.41) is 14.9. The van der Waals surface area contributed by atoms with Crippen LogP contribution in [0.25, 0.3) is 0 Å². The minimum atomic E-state index is -0.613. The molecule has 1 atom stereocenters. The summed E-state index contributed by atoms with van der Waals surface area (Å²) in [6.07, 6.45) is 1.88. The summed E-state index contributed by atoms with van der Waals surface area (Å²) in [6.45, 7) is 6.10. The second-order valence-corrected chi connectivity index (χ2v) is 5.67. The topological polar surface area (TPSA) is 78.4 Å². The zero-order chi connectivity index (χ0) is 13.1. The van der Waals surface area contributed by atoms with Crippen LogP contribution in [0.4, 0.5) is 0 Å². The first-order valence-electron chi connectivity index (χ1n) is 6.07. The molecule has 98 valence electrons. The Kier molecular flexibility index (Phi) is 4.51. The summed E-state index contributed by atoms with van der Waals surface area (Å²) in [5.41, 5.74) is -0.207. The van der Waals surface area contributed by atoms with Crippen LogP contribution in [-0.4, -0.2) is 35.6 Å². The molecule has 0 bridgehead atoms. The van der Waals surface area contributed by atoms with Gasteiger partial charge in [0.1, 0.15) is 0 Å². The fraction of sp³-hybridized carbons (Fsp3) is 0.833. The number of nitrogens with one attached hydrogen (secondary N) is 2. The molecule has 1 aliphatic rings. The molecule has 0 aromatic heterocycles. The summed E-state index contributed by atoms with van der Waals surface area (Å²) in [6, 6.07) is 0.188. The van der Waals surface area contributed by atoms with Crippen LogP contribution in [0, 0.1) is 5.41 Å². The van der Waals surface area contributed by atoms with Crippen LogP contribution in [0.3, 0.4) is 0 Å². The first-order valence-corrected chi connectivity index (χ1v) is 6.07. The number of carbonyl (C=O) groups excluding carboxylic acids is 2. The average Bonchev–Trinajstić information content (AvgIpc) is 2.99. The van der Waals surface area contributed by atoms with Crippen molar-refractivity contribution >= 4 is 11.8 Å². The van der Waals surface area contributed by atoms with E-state index in [0.717, 1.165) is 12.8 Å². The predicted octanol–water partition coefficient (Wildman–Crippen LogP) is 0.178. The Balaban J connectivity index is 2.17. The summed E-state index contributed by atoms with van der Waals surface area (Å²) in [4.78, 5) is 22.6. The van der Waals surface area contributed by atoms with E-state index in [1.807, 2.05) is 20.8 Å². The van der Waals surface area contributed by atoms with Crippen LogP contribution < -0.4 is 10.6 Å². The van der Waals surface area contributed by atoms with Gasteiger partial charge in [-0.15, -0.1) is 0 Å². The van der Waals surface area contributed by atoms with Crippen LogP contribution in [0.2, 0.25) is 0 Å². The first-order chi connectivity index (χ1) is 7.80. The number of hydrogen-bond donors (Lipinski definition) is 3. The number of hydrogen-bond acceptors (Lipinski definition) is 3. The molecule has 0 spiro atoms. The third kappa shape index (κ3) is 5.17. The van der Waals surface area contributed by atoms with Crippen molar-refractivity contribution in [1.29, 1.82) is 0 Å². The Hall–Kier alpha value is -1.10. The maximum absolute atomic E-state index is 11.3. The molecule has 1 saturated carbocycles. The van der Waals surface area contributed by atoms with Crippen molar-refractivity contribution in [3.05, 3.63) is 0 Å². The number of carbonyl (C=O) groups is 2. The standard InChI is InChI=1S/C12H22N2O3/c1-12(2,3)9(15)6-7-13-10(16)11(17)14-8-4-5-8/h8-9,15H,4-7H2,1-3H3,(H,13,16)(H,14,17). The Morgan fingerprint density at radius 3 is 2.35 bits per heavy atom. The number of amides is 2. The second kappa shape index (κ2) is 5.49. The Labute approximate surface area is 102 Å². The quantitative estimate of drug-likeness (QED) is 0.615. The normalized spacial score (nSPS) is 17.4. The second-order valence-electron chi connectivity index (χ2n) is 5.67. The lowest BCUT2D eigenvalue weighted by atomic mass is 9.87. The van der Waals surface area contributed by atoms with Crippen molar-refractivity contribution in [3.8, 4) is 0 Å². The molecule has 0 heterocycles. The van der Waals surface area contributed by atoms with Gasteiger partial charge in [-0.05, 0) is 24.7 Å². The summed E-state index contributed by atoms with van der Waals surface area (Å²) < 4.78 is 0. The van der Waals surface area contributed by atoms with Crippen LogP contribution in [0.15, 0.2) is 0 Å². The van der Waals surface area contributed by atoms with Crippen LogP contribution in [-0.2, 0) is 9.59 Å². The highest BCUT2D eigenvalue weighted by Crippen LogP contribution is 2.21. The number of aliphatic hydroxyl groups excluding tert-OH is 1. The Bertz CT molecular complexity index is 293. The molecule has 1 aliphatic carbocycles. The zero-order valence-electron chi connectivity index (χ0n) is 10.7. The maximum atomic E-state index is 11.3. The lowest BCUT2D eigenvalue weighted by molar-refractivity contribution is -0.139. The van der Waals surface area contributed by atoms with Crippen molar-refractivity contribution in [2.45, 2.75) is 52.2 Å². The van der Waals surface area contributed by atoms with Gasteiger partial charge in [-0.25, -0.2) is 0 Å². The fourth-order valence-corrected chi connectivity index (χ4v) is 1.31. The van der Waals surface area contributed by atoms with E-state index in [-0.39, 0.29) is 11.5 Å². The molecule has 2 amide bonds. The highest BCUT2D eigenvalue weighted by atomic mass is 16.3. The minimum absolute atomic E-state index is 0.188. The molecule has 5 heteroatoms. The van der Waals surface area contributed by atoms with Crippen LogP contribution in [0.5, 0.6) is 0 Å². The lowest BCUT2D eigenvalue weighted by Gasteiger charge is -2.25. The van der Waals surface area contributed by atoms with Gasteiger partial charge in [0.2, 0.25) is 0 Å². The van der Waals surface area contributed by atoms with E-state index in [9.17, 15) is 14.7 Å². The van der Waals surface area contributed by atoms with Gasteiger partial charge in [0, 0.05) is 12.6 Å². The van der Waals surface area contributed by atoms with E-state index in [0.29, 0.717) is 13.0 Å². The van der Waals surface area contributed by atoms with Gasteiger partial charge in [0.15, 0.2) is 0 Å². The predicted molar refractivity (Wildman–Crippen MR) is 64.3 cm³/mol. The molecule has 3 N–H and O–H groups in total. The molecule has 17 heavy (non-hydrogen) atoms. The number of rotatable bonds is 4. The highest BCUT2D eigenvalue weighted by Gasteiger charge is 2.26. The van der Waals surface area contributed by atoms with E-state index in [4.69, 9.17) is 0 Å². The fourth-order valence-electron chi connectivity index (χ4n) is 1.31. The average molecular weight is 242 g/mol. The van der Waals surface area contributed by atoms with Gasteiger partial charge in [-0.3, -0.25) is 9.59 Å². The van der Waals surface area contributed by atoms with Crippen molar-refractivity contribution in [3.63, 3.8) is 0 Å². The van der Waals surface area contributed by atoms with Crippen molar-refractivity contribution < 1.29 is 14.7 Å². The third-order valence-corrected chi connectivity index (χ3v) is 2.82. The van der Waals surface area contributed by atoms with Gasteiger partial charge < -0.3 is 15.7 Å². The van der Waals surface area contributed by atoms with Gasteiger partial charge in [-0.1, -0.05) is 20.8 Å². The van der Waals surface area contributed by atoms with Crippen LogP contribution >= 0.6 is 0 Å². The van der Waals surface area contributed by atoms with E-state index < -0.39 is 17.9 Å². The van der Waals surface area contributed by atoms with Gasteiger partial charge in [-0.2, -0.15) is 0 Å². The van der Waals surface area contributed by atoms with E-state index in [1.54, 1.807) is 0 Å².